The van der Waals surface area contributed by atoms with E-state index in [4.69, 9.17) is 5.11 Å². The standard InChI is InChI=1S/C7H9NO/c1-8-6-3-2-4-7(9)5-6/h2-5,9H,1,8H2. The lowest BCUT2D eigenvalue weighted by Crippen LogP contribution is -2.69. The van der Waals surface area contributed by atoms with Crippen LogP contribution in [0.5, 0.6) is 5.75 Å². The molecule has 0 spiro atoms. The molecule has 9 heavy (non-hydrogen) atoms. The van der Waals surface area contributed by atoms with Gasteiger partial charge in [-0.1, -0.05) is 6.07 Å². The summed E-state index contributed by atoms with van der Waals surface area (Å²) >= 11 is 0. The normalized spacial score (nSPS) is 9.44. The maximum absolute atomic E-state index is 8.90. The molecule has 0 heterocycles. The van der Waals surface area contributed by atoms with Crippen molar-refractivity contribution in [1.29, 1.82) is 0 Å². The molecule has 2 nitrogen and oxygen atoms in total. The second-order valence-corrected chi connectivity index (χ2v) is 1.80. The number of rotatable bonds is 1. The summed E-state index contributed by atoms with van der Waals surface area (Å²) in [5.41, 5.74) is 0.940. The summed E-state index contributed by atoms with van der Waals surface area (Å²) in [6.45, 7) is 0. The molecule has 0 unspecified atom stereocenters. The van der Waals surface area contributed by atoms with E-state index in [9.17, 15) is 0 Å². The third kappa shape index (κ3) is 1.44. The highest BCUT2D eigenvalue weighted by Crippen LogP contribution is 2.10. The molecule has 2 heteroatoms. The molecule has 0 aromatic heterocycles. The highest BCUT2D eigenvalue weighted by molar-refractivity contribution is 5.35. The van der Waals surface area contributed by atoms with E-state index < -0.39 is 0 Å². The molecule has 0 saturated carbocycles. The Balaban J connectivity index is 2.94. The summed E-state index contributed by atoms with van der Waals surface area (Å²) in [6.07, 6.45) is 0. The Kier molecular flexibility index (Phi) is 1.70. The molecule has 1 rings (SSSR count). The average molecular weight is 123 g/mol. The van der Waals surface area contributed by atoms with Crippen molar-refractivity contribution in [3.8, 4) is 5.75 Å². The van der Waals surface area contributed by atoms with Crippen LogP contribution in [0.25, 0.3) is 0 Å². The van der Waals surface area contributed by atoms with Crippen molar-refractivity contribution < 1.29 is 10.4 Å². The lowest BCUT2D eigenvalue weighted by atomic mass is 10.3. The Hall–Kier alpha value is -1.02. The van der Waals surface area contributed by atoms with E-state index in [2.05, 4.69) is 7.05 Å². The fraction of sp³-hybridized carbons (Fsp3) is 0. The topological polar surface area (TPSA) is 36.8 Å². The minimum absolute atomic E-state index is 0.285. The van der Waals surface area contributed by atoms with Crippen LogP contribution in [-0.4, -0.2) is 5.11 Å². The van der Waals surface area contributed by atoms with E-state index in [1.54, 1.807) is 23.5 Å². The van der Waals surface area contributed by atoms with Gasteiger partial charge in [0.25, 0.3) is 0 Å². The molecule has 0 bridgehead atoms. The number of aromatic hydroxyl groups is 1. The van der Waals surface area contributed by atoms with Crippen molar-refractivity contribution >= 4 is 5.69 Å². The molecular formula is C7H9NO. The van der Waals surface area contributed by atoms with E-state index in [1.165, 1.54) is 0 Å². The molecule has 3 N–H and O–H groups in total. The predicted molar refractivity (Wildman–Crippen MR) is 35.0 cm³/mol. The van der Waals surface area contributed by atoms with Crippen LogP contribution in [0.15, 0.2) is 24.3 Å². The molecule has 1 aromatic carbocycles. The molecule has 0 atom stereocenters. The first kappa shape index (κ1) is 6.11. The Morgan fingerprint density at radius 2 is 2.22 bits per heavy atom. The summed E-state index contributed by atoms with van der Waals surface area (Å²) in [4.78, 5) is 0. The van der Waals surface area contributed by atoms with Crippen molar-refractivity contribution in [1.82, 2.24) is 0 Å². The molecule has 1 aromatic rings. The number of phenols is 1. The molecule has 0 fully saturated rings. The van der Waals surface area contributed by atoms with Crippen LogP contribution in [0.4, 0.5) is 5.69 Å². The van der Waals surface area contributed by atoms with Crippen molar-refractivity contribution in [3.63, 3.8) is 0 Å². The highest BCUT2D eigenvalue weighted by atomic mass is 16.3. The molecule has 48 valence electrons. The molecule has 0 aliphatic carbocycles. The highest BCUT2D eigenvalue weighted by Gasteiger charge is 1.88. The van der Waals surface area contributed by atoms with Crippen LogP contribution in [0, 0.1) is 7.05 Å². The van der Waals surface area contributed by atoms with Crippen molar-refractivity contribution in [2.45, 2.75) is 0 Å². The zero-order chi connectivity index (χ0) is 6.69. The average Bonchev–Trinajstić information content (AvgIpc) is 1.88. The maximum atomic E-state index is 8.90. The summed E-state index contributed by atoms with van der Waals surface area (Å²) in [5.74, 6) is 0.285. The van der Waals surface area contributed by atoms with Gasteiger partial charge in [0.05, 0.1) is 0 Å². The quantitative estimate of drug-likeness (QED) is 0.411. The summed E-state index contributed by atoms with van der Waals surface area (Å²) < 4.78 is 0. The lowest BCUT2D eigenvalue weighted by Gasteiger charge is -1.97. The van der Waals surface area contributed by atoms with E-state index >= 15 is 0 Å². The maximum Gasteiger partial charge on any atom is 0.121 e. The third-order valence-corrected chi connectivity index (χ3v) is 1.11. The first-order valence-electron chi connectivity index (χ1n) is 2.74. The Morgan fingerprint density at radius 3 is 2.67 bits per heavy atom. The minimum Gasteiger partial charge on any atom is -0.508 e. The van der Waals surface area contributed by atoms with Gasteiger partial charge in [0.15, 0.2) is 0 Å². The summed E-state index contributed by atoms with van der Waals surface area (Å²) in [5, 5.41) is 10.6. The van der Waals surface area contributed by atoms with Gasteiger partial charge >= 0.3 is 0 Å². The van der Waals surface area contributed by atoms with Crippen molar-refractivity contribution in [2.24, 2.45) is 0 Å². The largest absolute Gasteiger partial charge is 0.508 e. The zero-order valence-electron chi connectivity index (χ0n) is 5.04. The van der Waals surface area contributed by atoms with Gasteiger partial charge in [-0.25, -0.2) is 0 Å². The van der Waals surface area contributed by atoms with Gasteiger partial charge in [0.1, 0.15) is 11.4 Å². The second kappa shape index (κ2) is 2.51. The van der Waals surface area contributed by atoms with Gasteiger partial charge in [-0.15, -0.1) is 7.05 Å². The van der Waals surface area contributed by atoms with Crippen LogP contribution in [0.3, 0.4) is 0 Å². The molecular weight excluding hydrogens is 114 g/mol. The van der Waals surface area contributed by atoms with Crippen molar-refractivity contribution in [2.75, 3.05) is 0 Å². The molecule has 0 amide bonds. The molecule has 0 aliphatic rings. The Morgan fingerprint density at radius 1 is 1.44 bits per heavy atom. The Labute approximate surface area is 54.1 Å². The fourth-order valence-electron chi connectivity index (χ4n) is 0.652. The van der Waals surface area contributed by atoms with Gasteiger partial charge in [-0.05, 0) is 12.1 Å². The smallest absolute Gasteiger partial charge is 0.121 e. The van der Waals surface area contributed by atoms with Gasteiger partial charge in [0.2, 0.25) is 0 Å². The van der Waals surface area contributed by atoms with Gasteiger partial charge in [-0.3, -0.25) is 0 Å². The van der Waals surface area contributed by atoms with Crippen LogP contribution >= 0.6 is 0 Å². The van der Waals surface area contributed by atoms with Crippen LogP contribution in [0.1, 0.15) is 0 Å². The molecule has 0 aliphatic heterocycles. The number of phenolic OH excluding ortho intramolecular Hbond substituents is 1. The SMILES string of the molecule is [CH2-][NH2+]c1cccc(O)c1. The first-order chi connectivity index (χ1) is 4.33. The van der Waals surface area contributed by atoms with E-state index in [-0.39, 0.29) is 5.75 Å². The lowest BCUT2D eigenvalue weighted by molar-refractivity contribution is -0.504. The van der Waals surface area contributed by atoms with Crippen LogP contribution in [0.2, 0.25) is 0 Å². The first-order valence-corrected chi connectivity index (χ1v) is 2.74. The predicted octanol–water partition coefficient (Wildman–Crippen LogP) is 0.379. The van der Waals surface area contributed by atoms with Crippen molar-refractivity contribution in [3.05, 3.63) is 31.3 Å². The van der Waals surface area contributed by atoms with Gasteiger partial charge in [-0.2, -0.15) is 0 Å². The minimum atomic E-state index is 0.285. The number of nitrogens with two attached hydrogens (primary N) is 1. The zero-order valence-corrected chi connectivity index (χ0v) is 5.04. The van der Waals surface area contributed by atoms with Gasteiger partial charge < -0.3 is 10.4 Å². The number of quaternary nitrogens is 1. The second-order valence-electron chi connectivity index (χ2n) is 1.80. The number of hydrogen-bond donors (Lipinski definition) is 2. The number of hydrogen-bond acceptors (Lipinski definition) is 1. The third-order valence-electron chi connectivity index (χ3n) is 1.11. The van der Waals surface area contributed by atoms with Crippen LogP contribution < -0.4 is 5.32 Å². The Bertz CT molecular complexity index is 198. The van der Waals surface area contributed by atoms with E-state index in [0.29, 0.717) is 0 Å². The summed E-state index contributed by atoms with van der Waals surface area (Å²) in [6, 6.07) is 6.96. The van der Waals surface area contributed by atoms with E-state index in [1.807, 2.05) is 6.07 Å². The number of benzene rings is 1. The fourth-order valence-corrected chi connectivity index (χ4v) is 0.652. The van der Waals surface area contributed by atoms with Gasteiger partial charge in [0, 0.05) is 6.07 Å². The molecule has 0 saturated heterocycles. The van der Waals surface area contributed by atoms with E-state index in [0.717, 1.165) is 5.69 Å². The van der Waals surface area contributed by atoms with Crippen LogP contribution in [-0.2, 0) is 0 Å². The molecule has 0 radical (unpaired) electrons. The monoisotopic (exact) mass is 123 g/mol. The summed E-state index contributed by atoms with van der Waals surface area (Å²) in [7, 11) is 3.56.